The Morgan fingerprint density at radius 2 is 0.891 bits per heavy atom. The van der Waals surface area contributed by atoms with Crippen molar-refractivity contribution in [3.05, 3.63) is 163 Å². The molecule has 0 amide bonds. The largest absolute Gasteiger partial charge is 0.458 e. The molecule has 0 fully saturated rings. The summed E-state index contributed by atoms with van der Waals surface area (Å²) in [6.45, 7) is 3.09. The standard InChI is InChI=1S/C46H33BN6O2/c1-3-10-32(11-4-1)52-26-24-48-45(52)38-16-7-14-36(50-38)30-20-22-34-42(28-30)54-40-18-9-19-41-44(40)47(34)35-23-21-31(29-43(35)55-41)37-15-8-17-39(51-37)46-49-25-27-53(46)33-12-5-2-6-13-33/h1-23,28-29H,24-27H2. The first-order valence-electron chi connectivity index (χ1n) is 18.7. The summed E-state index contributed by atoms with van der Waals surface area (Å²) in [5.74, 6) is 5.02. The van der Waals surface area contributed by atoms with Gasteiger partial charge in [0, 0.05) is 41.1 Å². The molecular weight excluding hydrogens is 679 g/mol. The quantitative estimate of drug-likeness (QED) is 0.172. The summed E-state index contributed by atoms with van der Waals surface area (Å²) in [4.78, 5) is 24.4. The fourth-order valence-corrected chi connectivity index (χ4v) is 8.23. The van der Waals surface area contributed by atoms with Crippen molar-refractivity contribution in [2.45, 2.75) is 0 Å². The van der Waals surface area contributed by atoms with Gasteiger partial charge in [0.05, 0.1) is 24.5 Å². The number of aliphatic imine (C=N–C) groups is 2. The third-order valence-electron chi connectivity index (χ3n) is 10.8. The van der Waals surface area contributed by atoms with E-state index in [2.05, 4.69) is 119 Å². The second kappa shape index (κ2) is 12.8. The second-order valence-electron chi connectivity index (χ2n) is 14.0. The second-order valence-corrected chi connectivity index (χ2v) is 14.0. The topological polar surface area (TPSA) is 75.4 Å². The van der Waals surface area contributed by atoms with Crippen LogP contribution in [-0.2, 0) is 0 Å². The summed E-state index contributed by atoms with van der Waals surface area (Å²) in [5, 5.41) is 0. The molecule has 5 aromatic carbocycles. The highest BCUT2D eigenvalue weighted by Crippen LogP contribution is 2.37. The van der Waals surface area contributed by atoms with Crippen molar-refractivity contribution >= 4 is 46.1 Å². The van der Waals surface area contributed by atoms with E-state index in [1.807, 2.05) is 42.5 Å². The predicted molar refractivity (Wildman–Crippen MR) is 221 cm³/mol. The van der Waals surface area contributed by atoms with Crippen molar-refractivity contribution in [2.24, 2.45) is 9.98 Å². The zero-order valence-electron chi connectivity index (χ0n) is 29.8. The highest BCUT2D eigenvalue weighted by molar-refractivity contribution is 6.98. The van der Waals surface area contributed by atoms with Crippen LogP contribution >= 0.6 is 0 Å². The van der Waals surface area contributed by atoms with Gasteiger partial charge in [-0.25, -0.2) is 9.97 Å². The number of pyridine rings is 2. The van der Waals surface area contributed by atoms with Crippen LogP contribution in [0.5, 0.6) is 23.0 Å². The maximum atomic E-state index is 6.64. The molecule has 7 aromatic rings. The molecule has 55 heavy (non-hydrogen) atoms. The van der Waals surface area contributed by atoms with Gasteiger partial charge in [-0.1, -0.05) is 78.9 Å². The monoisotopic (exact) mass is 712 g/mol. The molecule has 0 aliphatic carbocycles. The maximum absolute atomic E-state index is 6.64. The number of hydrogen-bond acceptors (Lipinski definition) is 8. The van der Waals surface area contributed by atoms with Crippen LogP contribution in [0.2, 0.25) is 0 Å². The lowest BCUT2D eigenvalue weighted by atomic mass is 9.35. The number of nitrogens with zero attached hydrogens (tertiary/aromatic N) is 6. The zero-order valence-corrected chi connectivity index (χ0v) is 29.8. The Balaban J connectivity index is 0.927. The molecule has 0 atom stereocenters. The van der Waals surface area contributed by atoms with E-state index < -0.39 is 0 Å². The Bertz CT molecular complexity index is 2520. The van der Waals surface area contributed by atoms with Gasteiger partial charge in [-0.15, -0.1) is 0 Å². The molecule has 6 heterocycles. The average Bonchev–Trinajstić information content (AvgIpc) is 3.96. The Morgan fingerprint density at radius 3 is 1.38 bits per heavy atom. The molecule has 0 radical (unpaired) electrons. The normalized spacial score (nSPS) is 15.0. The van der Waals surface area contributed by atoms with E-state index in [1.54, 1.807) is 0 Å². The lowest BCUT2D eigenvalue weighted by Gasteiger charge is -2.33. The van der Waals surface area contributed by atoms with Crippen LogP contribution in [0.3, 0.4) is 0 Å². The van der Waals surface area contributed by atoms with Crippen molar-refractivity contribution in [3.63, 3.8) is 0 Å². The van der Waals surface area contributed by atoms with Gasteiger partial charge >= 0.3 is 0 Å². The Hall–Kier alpha value is -7.00. The number of benzene rings is 5. The van der Waals surface area contributed by atoms with E-state index in [9.17, 15) is 0 Å². The van der Waals surface area contributed by atoms with E-state index in [0.717, 1.165) is 123 Å². The van der Waals surface area contributed by atoms with Crippen LogP contribution in [0.15, 0.2) is 162 Å². The minimum Gasteiger partial charge on any atom is -0.458 e. The van der Waals surface area contributed by atoms with Gasteiger partial charge in [-0.2, -0.15) is 0 Å². The van der Waals surface area contributed by atoms with Crippen LogP contribution in [-0.4, -0.2) is 54.5 Å². The molecule has 0 bridgehead atoms. The van der Waals surface area contributed by atoms with Gasteiger partial charge in [-0.05, 0) is 83.7 Å². The molecule has 11 rings (SSSR count). The van der Waals surface area contributed by atoms with Crippen LogP contribution < -0.4 is 35.7 Å². The summed E-state index contributed by atoms with van der Waals surface area (Å²) in [6, 6.07) is 52.0. The first kappa shape index (κ1) is 31.5. The minimum absolute atomic E-state index is 0.0556. The molecule has 0 unspecified atom stereocenters. The SMILES string of the molecule is c1ccc(N2CCN=C2c2cccc(-c3ccc4c(c3)Oc3cccc5c3B4c3ccc(-c4cccc(C6=NCCN6c6ccccc6)n4)cc3O5)n2)cc1. The fourth-order valence-electron chi connectivity index (χ4n) is 8.23. The van der Waals surface area contributed by atoms with Crippen LogP contribution in [0.4, 0.5) is 11.4 Å². The number of amidine groups is 2. The van der Waals surface area contributed by atoms with Crippen molar-refractivity contribution in [2.75, 3.05) is 36.0 Å². The lowest BCUT2D eigenvalue weighted by molar-refractivity contribution is 0.464. The smallest absolute Gasteiger partial charge is 0.260 e. The van der Waals surface area contributed by atoms with Crippen molar-refractivity contribution in [3.8, 4) is 45.5 Å². The molecule has 4 aliphatic rings. The van der Waals surface area contributed by atoms with Gasteiger partial charge in [0.15, 0.2) is 11.7 Å². The van der Waals surface area contributed by atoms with E-state index in [1.165, 1.54) is 0 Å². The number of rotatable bonds is 6. The zero-order chi connectivity index (χ0) is 36.3. The average molecular weight is 713 g/mol. The molecule has 0 saturated heterocycles. The number of hydrogen-bond donors (Lipinski definition) is 0. The molecule has 0 saturated carbocycles. The molecule has 8 nitrogen and oxygen atoms in total. The maximum Gasteiger partial charge on any atom is 0.260 e. The van der Waals surface area contributed by atoms with Crippen molar-refractivity contribution in [1.82, 2.24) is 9.97 Å². The summed E-state index contributed by atoms with van der Waals surface area (Å²) in [7, 11) is 0. The predicted octanol–water partition coefficient (Wildman–Crippen LogP) is 7.07. The fraction of sp³-hybridized carbons (Fsp3) is 0.0870. The van der Waals surface area contributed by atoms with Crippen LogP contribution in [0.25, 0.3) is 22.5 Å². The van der Waals surface area contributed by atoms with Crippen LogP contribution in [0, 0.1) is 0 Å². The number of fused-ring (bicyclic) bond motifs is 4. The van der Waals surface area contributed by atoms with E-state index >= 15 is 0 Å². The molecule has 4 aliphatic heterocycles. The number of aromatic nitrogens is 2. The molecule has 0 spiro atoms. The summed E-state index contributed by atoms with van der Waals surface area (Å²) in [5.41, 5.74) is 10.9. The molecular formula is C46H33BN6O2. The lowest BCUT2D eigenvalue weighted by Crippen LogP contribution is -2.57. The van der Waals surface area contributed by atoms with Gasteiger partial charge in [0.2, 0.25) is 0 Å². The van der Waals surface area contributed by atoms with Crippen molar-refractivity contribution < 1.29 is 9.47 Å². The molecule has 9 heteroatoms. The number of ether oxygens (including phenoxy) is 2. The minimum atomic E-state index is -0.0556. The summed E-state index contributed by atoms with van der Waals surface area (Å²) < 4.78 is 13.3. The number of anilines is 2. The van der Waals surface area contributed by atoms with E-state index in [0.29, 0.717) is 0 Å². The molecule has 2 aromatic heterocycles. The summed E-state index contributed by atoms with van der Waals surface area (Å²) >= 11 is 0. The highest BCUT2D eigenvalue weighted by Gasteiger charge is 2.40. The van der Waals surface area contributed by atoms with E-state index in [4.69, 9.17) is 29.4 Å². The first-order valence-corrected chi connectivity index (χ1v) is 18.7. The van der Waals surface area contributed by atoms with Gasteiger partial charge < -0.3 is 19.3 Å². The first-order chi connectivity index (χ1) is 27.2. The highest BCUT2D eigenvalue weighted by atomic mass is 16.5. The Kier molecular flexibility index (Phi) is 7.36. The third-order valence-corrected chi connectivity index (χ3v) is 10.8. The third kappa shape index (κ3) is 5.38. The van der Waals surface area contributed by atoms with Crippen LogP contribution in [0.1, 0.15) is 11.4 Å². The Morgan fingerprint density at radius 1 is 0.436 bits per heavy atom. The van der Waals surface area contributed by atoms with Gasteiger partial charge in [0.25, 0.3) is 6.71 Å². The molecule has 262 valence electrons. The van der Waals surface area contributed by atoms with Gasteiger partial charge in [0.1, 0.15) is 34.4 Å². The number of para-hydroxylation sites is 2. The summed E-state index contributed by atoms with van der Waals surface area (Å²) in [6.07, 6.45) is 0. The van der Waals surface area contributed by atoms with Gasteiger partial charge in [-0.3, -0.25) is 9.98 Å². The van der Waals surface area contributed by atoms with Crippen molar-refractivity contribution in [1.29, 1.82) is 0 Å². The van der Waals surface area contributed by atoms with E-state index in [-0.39, 0.29) is 6.71 Å². The Labute approximate surface area is 319 Å². The molecule has 0 N–H and O–H groups in total.